The lowest BCUT2D eigenvalue weighted by Crippen LogP contribution is -2.14. The summed E-state index contributed by atoms with van der Waals surface area (Å²) < 4.78 is 2.14. The first kappa shape index (κ1) is 19.5. The quantitative estimate of drug-likeness (QED) is 0.451. The first-order valence-electron chi connectivity index (χ1n) is 9.47. The molecular weight excluding hydrogens is 400 g/mol. The van der Waals surface area contributed by atoms with Gasteiger partial charge in [-0.05, 0) is 44.0 Å². The topological polar surface area (TPSA) is 59.8 Å². The van der Waals surface area contributed by atoms with Gasteiger partial charge in [0.15, 0.2) is 5.13 Å². The minimum Gasteiger partial charge on any atom is -0.326 e. The van der Waals surface area contributed by atoms with E-state index in [-0.39, 0.29) is 12.3 Å². The Kier molecular flexibility index (Phi) is 5.60. The summed E-state index contributed by atoms with van der Waals surface area (Å²) in [5.41, 5.74) is 6.28. The number of amides is 1. The maximum absolute atomic E-state index is 12.4. The Morgan fingerprint density at radius 2 is 1.97 bits per heavy atom. The summed E-state index contributed by atoms with van der Waals surface area (Å²) in [4.78, 5) is 21.5. The molecular formula is C22H22N4OS2. The lowest BCUT2D eigenvalue weighted by molar-refractivity contribution is -0.115. The van der Waals surface area contributed by atoms with Crippen LogP contribution in [0.25, 0.3) is 16.4 Å². The van der Waals surface area contributed by atoms with E-state index in [0.29, 0.717) is 0 Å². The van der Waals surface area contributed by atoms with Crippen LogP contribution in [0.4, 0.5) is 5.69 Å². The van der Waals surface area contributed by atoms with Crippen LogP contribution in [0.3, 0.4) is 0 Å². The Morgan fingerprint density at radius 3 is 2.66 bits per heavy atom. The molecule has 3 aromatic heterocycles. The summed E-state index contributed by atoms with van der Waals surface area (Å²) in [5.74, 6) is -0.0524. The van der Waals surface area contributed by atoms with Crippen molar-refractivity contribution < 1.29 is 4.79 Å². The number of rotatable bonds is 6. The van der Waals surface area contributed by atoms with Crippen LogP contribution >= 0.6 is 22.7 Å². The van der Waals surface area contributed by atoms with Crippen molar-refractivity contribution in [3.05, 3.63) is 69.2 Å². The van der Waals surface area contributed by atoms with Gasteiger partial charge < -0.3 is 5.32 Å². The molecule has 0 saturated carbocycles. The third-order valence-electron chi connectivity index (χ3n) is 4.83. The van der Waals surface area contributed by atoms with E-state index in [4.69, 9.17) is 4.98 Å². The third kappa shape index (κ3) is 4.16. The van der Waals surface area contributed by atoms with Crippen molar-refractivity contribution in [2.24, 2.45) is 0 Å². The Hall–Kier alpha value is -2.77. The van der Waals surface area contributed by atoms with E-state index in [1.54, 1.807) is 11.3 Å². The lowest BCUT2D eigenvalue weighted by Gasteiger charge is -2.05. The molecule has 5 nitrogen and oxygen atoms in total. The number of carbonyl (C=O) groups is 1. The number of hydrogen-bond donors (Lipinski definition) is 1. The van der Waals surface area contributed by atoms with E-state index in [9.17, 15) is 4.79 Å². The molecule has 4 aromatic rings. The van der Waals surface area contributed by atoms with Gasteiger partial charge in [-0.2, -0.15) is 0 Å². The highest BCUT2D eigenvalue weighted by Gasteiger charge is 2.17. The van der Waals surface area contributed by atoms with Crippen molar-refractivity contribution in [3.8, 4) is 16.4 Å². The van der Waals surface area contributed by atoms with Crippen molar-refractivity contribution in [3.63, 3.8) is 0 Å². The summed E-state index contributed by atoms with van der Waals surface area (Å²) in [7, 11) is 0. The first-order chi connectivity index (χ1) is 14.0. The van der Waals surface area contributed by atoms with Gasteiger partial charge in [0, 0.05) is 39.6 Å². The molecule has 0 aliphatic carbocycles. The standard InChI is InChI=1S/C22H22N4OS2/c1-4-16-5-7-17(8-6-16)24-20(27)12-21-25-19(13-29-21)18-11-14(2)26(15(18)3)22-23-9-10-28-22/h5-11,13H,4,12H2,1-3H3,(H,24,27). The zero-order chi connectivity index (χ0) is 20.4. The number of nitrogens with zero attached hydrogens (tertiary/aromatic N) is 3. The monoisotopic (exact) mass is 422 g/mol. The molecule has 0 aliphatic heterocycles. The molecule has 7 heteroatoms. The van der Waals surface area contributed by atoms with Crippen LogP contribution < -0.4 is 5.32 Å². The van der Waals surface area contributed by atoms with Crippen LogP contribution in [0.1, 0.15) is 28.9 Å². The fourth-order valence-corrected chi connectivity index (χ4v) is 4.87. The van der Waals surface area contributed by atoms with Gasteiger partial charge in [0.2, 0.25) is 5.91 Å². The number of benzene rings is 1. The van der Waals surface area contributed by atoms with Crippen LogP contribution in [0.2, 0.25) is 0 Å². The van der Waals surface area contributed by atoms with Crippen molar-refractivity contribution in [2.75, 3.05) is 5.32 Å². The average molecular weight is 423 g/mol. The van der Waals surface area contributed by atoms with Crippen molar-refractivity contribution in [1.82, 2.24) is 14.5 Å². The van der Waals surface area contributed by atoms with Gasteiger partial charge in [0.05, 0.1) is 12.1 Å². The van der Waals surface area contributed by atoms with E-state index in [2.05, 4.69) is 41.7 Å². The maximum atomic E-state index is 12.4. The van der Waals surface area contributed by atoms with Crippen LogP contribution in [0, 0.1) is 13.8 Å². The molecule has 0 atom stereocenters. The number of thiazole rings is 2. The molecule has 0 saturated heterocycles. The normalized spacial score (nSPS) is 11.0. The second-order valence-corrected chi connectivity index (χ2v) is 8.65. The first-order valence-corrected chi connectivity index (χ1v) is 11.2. The van der Waals surface area contributed by atoms with Gasteiger partial charge in [0.1, 0.15) is 5.01 Å². The highest BCUT2D eigenvalue weighted by Crippen LogP contribution is 2.31. The van der Waals surface area contributed by atoms with Gasteiger partial charge in [-0.3, -0.25) is 9.36 Å². The number of nitrogens with one attached hydrogen (secondary N) is 1. The Labute approximate surface area is 178 Å². The summed E-state index contributed by atoms with van der Waals surface area (Å²) in [6, 6.07) is 10.1. The summed E-state index contributed by atoms with van der Waals surface area (Å²) >= 11 is 3.13. The molecule has 0 unspecified atom stereocenters. The van der Waals surface area contributed by atoms with Gasteiger partial charge in [-0.1, -0.05) is 19.1 Å². The van der Waals surface area contributed by atoms with E-state index in [1.165, 1.54) is 16.9 Å². The lowest BCUT2D eigenvalue weighted by atomic mass is 10.1. The maximum Gasteiger partial charge on any atom is 0.231 e. The predicted molar refractivity (Wildman–Crippen MR) is 120 cm³/mol. The molecule has 3 heterocycles. The van der Waals surface area contributed by atoms with E-state index in [1.807, 2.05) is 41.2 Å². The summed E-state index contributed by atoms with van der Waals surface area (Å²) in [5, 5.41) is 8.71. The summed E-state index contributed by atoms with van der Waals surface area (Å²) in [6.45, 7) is 6.26. The molecule has 0 bridgehead atoms. The van der Waals surface area contributed by atoms with Gasteiger partial charge in [-0.15, -0.1) is 22.7 Å². The number of carbonyl (C=O) groups excluding carboxylic acids is 1. The second kappa shape index (κ2) is 8.31. The van der Waals surface area contributed by atoms with E-state index in [0.717, 1.165) is 44.9 Å². The van der Waals surface area contributed by atoms with Crippen LogP contribution in [-0.4, -0.2) is 20.4 Å². The molecule has 1 N–H and O–H groups in total. The Bertz CT molecular complexity index is 1120. The smallest absolute Gasteiger partial charge is 0.231 e. The number of aryl methyl sites for hydroxylation is 2. The summed E-state index contributed by atoms with van der Waals surface area (Å²) in [6.07, 6.45) is 3.07. The predicted octanol–water partition coefficient (Wildman–Crippen LogP) is 5.42. The molecule has 0 radical (unpaired) electrons. The van der Waals surface area contributed by atoms with Crippen molar-refractivity contribution in [2.45, 2.75) is 33.6 Å². The highest BCUT2D eigenvalue weighted by molar-refractivity contribution is 7.12. The largest absolute Gasteiger partial charge is 0.326 e. The van der Waals surface area contributed by atoms with Gasteiger partial charge >= 0.3 is 0 Å². The number of hydrogen-bond acceptors (Lipinski definition) is 5. The van der Waals surface area contributed by atoms with Crippen molar-refractivity contribution in [1.29, 1.82) is 0 Å². The molecule has 1 aromatic carbocycles. The van der Waals surface area contributed by atoms with Crippen LogP contribution in [0.5, 0.6) is 0 Å². The molecule has 0 fully saturated rings. The zero-order valence-electron chi connectivity index (χ0n) is 16.6. The van der Waals surface area contributed by atoms with Crippen LogP contribution in [0.15, 0.2) is 47.3 Å². The fourth-order valence-electron chi connectivity index (χ4n) is 3.32. The third-order valence-corrected chi connectivity index (χ3v) is 6.43. The SMILES string of the molecule is CCc1ccc(NC(=O)Cc2nc(-c3cc(C)n(-c4nccs4)c3C)cs2)cc1. The molecule has 0 spiro atoms. The fraction of sp³-hybridized carbons (Fsp3) is 0.227. The Morgan fingerprint density at radius 1 is 1.17 bits per heavy atom. The zero-order valence-corrected chi connectivity index (χ0v) is 18.2. The van der Waals surface area contributed by atoms with E-state index >= 15 is 0 Å². The van der Waals surface area contributed by atoms with Gasteiger partial charge in [0.25, 0.3) is 0 Å². The molecule has 1 amide bonds. The second-order valence-electron chi connectivity index (χ2n) is 6.84. The molecule has 4 rings (SSSR count). The van der Waals surface area contributed by atoms with Crippen LogP contribution in [-0.2, 0) is 17.6 Å². The van der Waals surface area contributed by atoms with Crippen molar-refractivity contribution >= 4 is 34.3 Å². The number of aromatic nitrogens is 3. The Balaban J connectivity index is 1.48. The number of anilines is 1. The minimum absolute atomic E-state index is 0.0524. The molecule has 148 valence electrons. The van der Waals surface area contributed by atoms with Gasteiger partial charge in [-0.25, -0.2) is 9.97 Å². The average Bonchev–Trinajstić information content (AvgIpc) is 3.43. The minimum atomic E-state index is -0.0524. The molecule has 29 heavy (non-hydrogen) atoms. The molecule has 0 aliphatic rings. The van der Waals surface area contributed by atoms with E-state index < -0.39 is 0 Å². The highest BCUT2D eigenvalue weighted by atomic mass is 32.1.